The molecule has 0 bridgehead atoms. The van der Waals surface area contributed by atoms with E-state index in [9.17, 15) is 0 Å². The maximum absolute atomic E-state index is 5.26. The van der Waals surface area contributed by atoms with E-state index in [0.29, 0.717) is 11.6 Å². The van der Waals surface area contributed by atoms with Crippen molar-refractivity contribution in [1.29, 1.82) is 0 Å². The van der Waals surface area contributed by atoms with Crippen molar-refractivity contribution in [2.45, 2.75) is 36.5 Å². The van der Waals surface area contributed by atoms with Gasteiger partial charge < -0.3 is 4.57 Å². The molecule has 2 aliphatic carbocycles. The lowest BCUT2D eigenvalue weighted by atomic mass is 9.76. The molecule has 2 aromatic heterocycles. The second kappa shape index (κ2) is 13.6. The molecule has 0 radical (unpaired) electrons. The normalized spacial score (nSPS) is 17.1. The minimum atomic E-state index is -0.117. The average molecular weight is 751 g/mol. The van der Waals surface area contributed by atoms with Gasteiger partial charge in [-0.15, -0.1) is 0 Å². The van der Waals surface area contributed by atoms with Gasteiger partial charge in [-0.1, -0.05) is 158 Å². The second-order valence-corrected chi connectivity index (χ2v) is 16.4. The Bertz CT molecular complexity index is 3010. The van der Waals surface area contributed by atoms with Gasteiger partial charge in [-0.05, 0) is 89.1 Å². The van der Waals surface area contributed by atoms with Crippen LogP contribution in [0.1, 0.15) is 37.6 Å². The van der Waals surface area contributed by atoms with Gasteiger partial charge in [0.05, 0.1) is 11.0 Å². The van der Waals surface area contributed by atoms with Gasteiger partial charge in [0, 0.05) is 42.8 Å². The van der Waals surface area contributed by atoms with Gasteiger partial charge in [0.15, 0.2) is 17.5 Å². The Morgan fingerprint density at radius 3 is 2.05 bits per heavy atom. The summed E-state index contributed by atoms with van der Waals surface area (Å²) in [6.07, 6.45) is 16.1. The molecule has 11 rings (SSSR count). The number of allylic oxidation sites excluding steroid dienone is 8. The maximum atomic E-state index is 5.26. The molecule has 3 heterocycles. The fourth-order valence-electron chi connectivity index (χ4n) is 8.73. The van der Waals surface area contributed by atoms with Crippen LogP contribution in [0, 0.1) is 0 Å². The topological polar surface area (TPSA) is 43.6 Å². The third kappa shape index (κ3) is 5.72. The highest BCUT2D eigenvalue weighted by molar-refractivity contribution is 8.03. The minimum Gasteiger partial charge on any atom is -0.309 e. The number of nitrogens with zero attached hydrogens (tertiary/aromatic N) is 4. The van der Waals surface area contributed by atoms with E-state index in [1.807, 2.05) is 30.0 Å². The molecule has 57 heavy (non-hydrogen) atoms. The predicted octanol–water partition coefficient (Wildman–Crippen LogP) is 13.6. The van der Waals surface area contributed by atoms with Gasteiger partial charge in [0.25, 0.3) is 0 Å². The fraction of sp³-hybridized carbons (Fsp3) is 0.0962. The van der Waals surface area contributed by atoms with Crippen LogP contribution in [0.25, 0.3) is 78.1 Å². The third-order valence-corrected chi connectivity index (χ3v) is 13.2. The van der Waals surface area contributed by atoms with Crippen molar-refractivity contribution >= 4 is 39.1 Å². The lowest BCUT2D eigenvalue weighted by Crippen LogP contribution is -2.20. The SMILES string of the molecule is CC12CC=CC=C1Sc1c(-c3nc(C4=CC=CCC4)nc(-c4ccccc4)n3)cc(-c3ccc(-n4c5ccccc5c5ccc(-c6ccccc6)cc54)cc3)cc12. The molecule has 3 aliphatic rings. The summed E-state index contributed by atoms with van der Waals surface area (Å²) in [5.41, 5.74) is 12.7. The maximum Gasteiger partial charge on any atom is 0.165 e. The van der Waals surface area contributed by atoms with Crippen LogP contribution in [0.3, 0.4) is 0 Å². The summed E-state index contributed by atoms with van der Waals surface area (Å²) < 4.78 is 2.41. The molecule has 1 unspecified atom stereocenters. The van der Waals surface area contributed by atoms with Gasteiger partial charge in [0.2, 0.25) is 0 Å². The number of benzene rings is 6. The highest BCUT2D eigenvalue weighted by Gasteiger charge is 2.42. The Kier molecular flexibility index (Phi) is 8.04. The summed E-state index contributed by atoms with van der Waals surface area (Å²) in [6.45, 7) is 2.39. The molecule has 5 heteroatoms. The monoisotopic (exact) mass is 750 g/mol. The van der Waals surface area contributed by atoms with Crippen molar-refractivity contribution < 1.29 is 0 Å². The Balaban J connectivity index is 1.08. The van der Waals surface area contributed by atoms with E-state index >= 15 is 0 Å². The van der Waals surface area contributed by atoms with Gasteiger partial charge in [0.1, 0.15) is 0 Å². The second-order valence-electron chi connectivity index (χ2n) is 15.3. The Morgan fingerprint density at radius 1 is 0.561 bits per heavy atom. The molecule has 4 nitrogen and oxygen atoms in total. The van der Waals surface area contributed by atoms with Gasteiger partial charge in [-0.25, -0.2) is 15.0 Å². The van der Waals surface area contributed by atoms with Crippen LogP contribution in [0.2, 0.25) is 0 Å². The van der Waals surface area contributed by atoms with Crippen molar-refractivity contribution in [1.82, 2.24) is 19.5 Å². The van der Waals surface area contributed by atoms with E-state index in [-0.39, 0.29) is 5.41 Å². The largest absolute Gasteiger partial charge is 0.309 e. The molecular formula is C52H38N4S. The fourth-order valence-corrected chi connectivity index (χ4v) is 10.2. The van der Waals surface area contributed by atoms with E-state index in [2.05, 4.69) is 169 Å². The Morgan fingerprint density at radius 2 is 1.25 bits per heavy atom. The van der Waals surface area contributed by atoms with Gasteiger partial charge >= 0.3 is 0 Å². The van der Waals surface area contributed by atoms with Crippen molar-refractivity contribution in [3.8, 4) is 50.7 Å². The minimum absolute atomic E-state index is 0.117. The Labute approximate surface area is 336 Å². The van der Waals surface area contributed by atoms with Crippen LogP contribution in [-0.2, 0) is 5.41 Å². The molecule has 6 aromatic carbocycles. The summed E-state index contributed by atoms with van der Waals surface area (Å²) in [4.78, 5) is 18.2. The molecule has 0 N–H and O–H groups in total. The number of aromatic nitrogens is 4. The van der Waals surface area contributed by atoms with E-state index in [1.54, 1.807) is 0 Å². The highest BCUT2D eigenvalue weighted by atomic mass is 32.2. The van der Waals surface area contributed by atoms with E-state index in [0.717, 1.165) is 58.6 Å². The van der Waals surface area contributed by atoms with Crippen molar-refractivity contribution in [3.05, 3.63) is 192 Å². The van der Waals surface area contributed by atoms with Gasteiger partial charge in [-0.3, -0.25) is 0 Å². The molecule has 0 fully saturated rings. The quantitative estimate of drug-likeness (QED) is 0.170. The smallest absolute Gasteiger partial charge is 0.165 e. The first-order valence-electron chi connectivity index (χ1n) is 19.7. The number of para-hydroxylation sites is 1. The van der Waals surface area contributed by atoms with Crippen LogP contribution < -0.4 is 0 Å². The number of thioether (sulfide) groups is 1. The molecule has 8 aromatic rings. The predicted molar refractivity (Wildman–Crippen MR) is 237 cm³/mol. The first-order chi connectivity index (χ1) is 28.1. The standard InChI is InChI=1S/C52H38N4S/c1-52-30-14-13-23-47(52)57-48-43(51-54-49(36-17-7-3-8-18-36)53-50(55-51)37-19-9-4-10-20-37)31-39(32-44(48)52)35-24-27-40(28-25-35)56-45-22-12-11-21-41(45)42-29-26-38(33-46(42)56)34-15-5-2-6-16-34/h2-9,11-19,21-29,31-33H,10,20,30H2,1H3. The summed E-state index contributed by atoms with van der Waals surface area (Å²) in [5, 5.41) is 2.50. The first-order valence-corrected chi connectivity index (χ1v) is 20.5. The van der Waals surface area contributed by atoms with Crippen LogP contribution in [0.4, 0.5) is 0 Å². The first kappa shape index (κ1) is 33.8. The van der Waals surface area contributed by atoms with Crippen LogP contribution in [-0.4, -0.2) is 19.5 Å². The number of rotatable bonds is 6. The van der Waals surface area contributed by atoms with Crippen molar-refractivity contribution in [2.24, 2.45) is 0 Å². The molecule has 0 saturated heterocycles. The Hall–Kier alpha value is -6.56. The summed E-state index contributed by atoms with van der Waals surface area (Å²) in [7, 11) is 0. The lowest BCUT2D eigenvalue weighted by molar-refractivity contribution is 0.589. The number of fused-ring (bicyclic) bond motifs is 6. The lowest BCUT2D eigenvalue weighted by Gasteiger charge is -2.27. The average Bonchev–Trinajstić information content (AvgIpc) is 3.78. The zero-order chi connectivity index (χ0) is 37.9. The number of hydrogen-bond donors (Lipinski definition) is 0. The zero-order valence-corrected chi connectivity index (χ0v) is 32.4. The molecule has 272 valence electrons. The molecule has 0 spiro atoms. The van der Waals surface area contributed by atoms with Crippen molar-refractivity contribution in [2.75, 3.05) is 0 Å². The summed E-state index contributed by atoms with van der Waals surface area (Å²) in [5.74, 6) is 2.16. The van der Waals surface area contributed by atoms with Gasteiger partial charge in [-0.2, -0.15) is 0 Å². The van der Waals surface area contributed by atoms with Crippen molar-refractivity contribution in [3.63, 3.8) is 0 Å². The van der Waals surface area contributed by atoms with Crippen LogP contribution >= 0.6 is 11.8 Å². The van der Waals surface area contributed by atoms with Crippen LogP contribution in [0.5, 0.6) is 0 Å². The molecular weight excluding hydrogens is 713 g/mol. The molecule has 0 amide bonds. The van der Waals surface area contributed by atoms with E-state index in [4.69, 9.17) is 15.0 Å². The molecule has 0 saturated carbocycles. The van der Waals surface area contributed by atoms with E-state index < -0.39 is 0 Å². The zero-order valence-electron chi connectivity index (χ0n) is 31.6. The summed E-state index contributed by atoms with van der Waals surface area (Å²) >= 11 is 1.87. The molecule has 1 atom stereocenters. The highest BCUT2D eigenvalue weighted by Crippen LogP contribution is 2.58. The number of hydrogen-bond acceptors (Lipinski definition) is 4. The summed E-state index contributed by atoms with van der Waals surface area (Å²) in [6, 6.07) is 50.3. The van der Waals surface area contributed by atoms with E-state index in [1.165, 1.54) is 48.3 Å². The third-order valence-electron chi connectivity index (χ3n) is 11.8. The molecule has 1 aliphatic heterocycles. The van der Waals surface area contributed by atoms with Crippen LogP contribution in [0.15, 0.2) is 186 Å².